The van der Waals surface area contributed by atoms with Crippen molar-refractivity contribution in [3.05, 3.63) is 46.2 Å². The van der Waals surface area contributed by atoms with E-state index in [0.29, 0.717) is 12.5 Å². The van der Waals surface area contributed by atoms with Gasteiger partial charge in [0.2, 0.25) is 0 Å². The van der Waals surface area contributed by atoms with Gasteiger partial charge in [0, 0.05) is 6.54 Å². The van der Waals surface area contributed by atoms with Crippen LogP contribution in [-0.4, -0.2) is 11.7 Å². The van der Waals surface area contributed by atoms with Gasteiger partial charge in [-0.25, -0.2) is 0 Å². The van der Waals surface area contributed by atoms with E-state index < -0.39 is 0 Å². The molecular formula is C18H24N2O2. The fraction of sp³-hybridized carbons (Fsp3) is 0.389. The van der Waals surface area contributed by atoms with Gasteiger partial charge in [-0.1, -0.05) is 13.8 Å². The van der Waals surface area contributed by atoms with Crippen LogP contribution in [0.1, 0.15) is 25.8 Å². The van der Waals surface area contributed by atoms with Crippen molar-refractivity contribution < 1.29 is 4.74 Å². The second-order valence-electron chi connectivity index (χ2n) is 6.00. The maximum absolute atomic E-state index is 12.4. The molecule has 0 amide bonds. The summed E-state index contributed by atoms with van der Waals surface area (Å²) in [6, 6.07) is 9.54. The minimum atomic E-state index is -0.119. The molecule has 1 aromatic carbocycles. The number of aryl methyl sites for hydroxylation is 1. The number of nitrogen functional groups attached to an aromatic ring is 1. The normalized spacial score (nSPS) is 11.0. The van der Waals surface area contributed by atoms with E-state index in [2.05, 4.69) is 13.8 Å². The summed E-state index contributed by atoms with van der Waals surface area (Å²) >= 11 is 0. The fourth-order valence-electron chi connectivity index (χ4n) is 2.49. The quantitative estimate of drug-likeness (QED) is 0.920. The highest BCUT2D eigenvalue weighted by Crippen LogP contribution is 2.26. The van der Waals surface area contributed by atoms with E-state index in [1.165, 1.54) is 0 Å². The standard InChI is InChI=1S/C18H24N2O2/c1-12(2)9-10-20-16(7-6-15(19)18(20)21)14-5-8-17(22-4)13(3)11-14/h5-8,11-12H,9-10,19H2,1-4H3. The summed E-state index contributed by atoms with van der Waals surface area (Å²) in [5, 5.41) is 0. The summed E-state index contributed by atoms with van der Waals surface area (Å²) in [5.41, 5.74) is 8.90. The average Bonchev–Trinajstić information content (AvgIpc) is 2.48. The van der Waals surface area contributed by atoms with Gasteiger partial charge in [-0.2, -0.15) is 0 Å². The first-order chi connectivity index (χ1) is 10.4. The summed E-state index contributed by atoms with van der Waals surface area (Å²) in [7, 11) is 1.66. The summed E-state index contributed by atoms with van der Waals surface area (Å²) in [6.45, 7) is 6.96. The number of methoxy groups -OCH3 is 1. The van der Waals surface area contributed by atoms with Crippen LogP contribution >= 0.6 is 0 Å². The van der Waals surface area contributed by atoms with Gasteiger partial charge >= 0.3 is 0 Å². The Morgan fingerprint density at radius 2 is 1.95 bits per heavy atom. The van der Waals surface area contributed by atoms with Crippen molar-refractivity contribution in [3.8, 4) is 17.0 Å². The number of aromatic nitrogens is 1. The van der Waals surface area contributed by atoms with Crippen molar-refractivity contribution in [1.82, 2.24) is 4.57 Å². The fourth-order valence-corrected chi connectivity index (χ4v) is 2.49. The third-order valence-corrected chi connectivity index (χ3v) is 3.82. The Balaban J connectivity index is 2.52. The molecule has 2 N–H and O–H groups in total. The molecule has 0 radical (unpaired) electrons. The Kier molecular flexibility index (Phi) is 4.91. The highest BCUT2D eigenvalue weighted by molar-refractivity contribution is 5.64. The van der Waals surface area contributed by atoms with E-state index in [1.807, 2.05) is 31.2 Å². The summed E-state index contributed by atoms with van der Waals surface area (Å²) < 4.78 is 7.07. The first-order valence-electron chi connectivity index (χ1n) is 7.58. The Hall–Kier alpha value is -2.23. The molecule has 0 unspecified atom stereocenters. The predicted molar refractivity (Wildman–Crippen MR) is 91.3 cm³/mol. The van der Waals surface area contributed by atoms with Crippen molar-refractivity contribution in [2.24, 2.45) is 5.92 Å². The number of anilines is 1. The molecule has 0 saturated carbocycles. The van der Waals surface area contributed by atoms with Crippen molar-refractivity contribution in [2.75, 3.05) is 12.8 Å². The molecule has 4 heteroatoms. The molecule has 0 aliphatic heterocycles. The summed E-state index contributed by atoms with van der Waals surface area (Å²) in [6.07, 6.45) is 0.936. The Labute approximate surface area is 131 Å². The molecule has 0 spiro atoms. The third-order valence-electron chi connectivity index (χ3n) is 3.82. The zero-order chi connectivity index (χ0) is 16.3. The van der Waals surface area contributed by atoms with Gasteiger partial charge in [0.05, 0.1) is 18.5 Å². The van der Waals surface area contributed by atoms with E-state index in [0.717, 1.165) is 29.0 Å². The molecule has 118 valence electrons. The first kappa shape index (κ1) is 16.1. The number of rotatable bonds is 5. The Bertz CT molecular complexity index is 718. The zero-order valence-corrected chi connectivity index (χ0v) is 13.7. The molecule has 1 heterocycles. The van der Waals surface area contributed by atoms with Crippen LogP contribution in [0.4, 0.5) is 5.69 Å². The topological polar surface area (TPSA) is 57.2 Å². The van der Waals surface area contributed by atoms with Crippen LogP contribution in [0, 0.1) is 12.8 Å². The van der Waals surface area contributed by atoms with Gasteiger partial charge in [0.1, 0.15) is 5.75 Å². The van der Waals surface area contributed by atoms with Gasteiger partial charge in [-0.15, -0.1) is 0 Å². The lowest BCUT2D eigenvalue weighted by atomic mass is 10.1. The number of pyridine rings is 1. The maximum atomic E-state index is 12.4. The van der Waals surface area contributed by atoms with E-state index in [1.54, 1.807) is 17.7 Å². The molecule has 0 aliphatic rings. The van der Waals surface area contributed by atoms with Crippen molar-refractivity contribution in [3.63, 3.8) is 0 Å². The number of nitrogens with zero attached hydrogens (tertiary/aromatic N) is 1. The molecule has 1 aromatic heterocycles. The van der Waals surface area contributed by atoms with Gasteiger partial charge < -0.3 is 15.0 Å². The van der Waals surface area contributed by atoms with Crippen LogP contribution in [-0.2, 0) is 6.54 Å². The second kappa shape index (κ2) is 6.69. The van der Waals surface area contributed by atoms with E-state index in [4.69, 9.17) is 10.5 Å². The smallest absolute Gasteiger partial charge is 0.274 e. The molecule has 22 heavy (non-hydrogen) atoms. The first-order valence-corrected chi connectivity index (χ1v) is 7.58. The summed E-state index contributed by atoms with van der Waals surface area (Å²) in [5.74, 6) is 1.37. The van der Waals surface area contributed by atoms with Crippen LogP contribution in [0.3, 0.4) is 0 Å². The lowest BCUT2D eigenvalue weighted by Gasteiger charge is -2.16. The highest BCUT2D eigenvalue weighted by Gasteiger charge is 2.11. The number of nitrogens with two attached hydrogens (primary N) is 1. The van der Waals surface area contributed by atoms with Crippen molar-refractivity contribution in [2.45, 2.75) is 33.7 Å². The largest absolute Gasteiger partial charge is 0.496 e. The molecule has 4 nitrogen and oxygen atoms in total. The van der Waals surface area contributed by atoms with Crippen molar-refractivity contribution in [1.29, 1.82) is 0 Å². The van der Waals surface area contributed by atoms with Gasteiger partial charge in [0.25, 0.3) is 5.56 Å². The average molecular weight is 300 g/mol. The molecule has 0 saturated heterocycles. The Morgan fingerprint density at radius 3 is 2.55 bits per heavy atom. The molecule has 0 atom stereocenters. The van der Waals surface area contributed by atoms with E-state index in [9.17, 15) is 4.79 Å². The number of hydrogen-bond acceptors (Lipinski definition) is 3. The molecular weight excluding hydrogens is 276 g/mol. The summed E-state index contributed by atoms with van der Waals surface area (Å²) in [4.78, 5) is 12.4. The number of ether oxygens (including phenoxy) is 1. The maximum Gasteiger partial charge on any atom is 0.274 e. The predicted octanol–water partition coefficient (Wildman–Crippen LogP) is 3.46. The Morgan fingerprint density at radius 1 is 1.23 bits per heavy atom. The van der Waals surface area contributed by atoms with E-state index in [-0.39, 0.29) is 11.2 Å². The molecule has 0 bridgehead atoms. The zero-order valence-electron chi connectivity index (χ0n) is 13.7. The lowest BCUT2D eigenvalue weighted by Crippen LogP contribution is -2.25. The van der Waals surface area contributed by atoms with Crippen LogP contribution in [0.5, 0.6) is 5.75 Å². The van der Waals surface area contributed by atoms with Crippen molar-refractivity contribution >= 4 is 5.69 Å². The minimum Gasteiger partial charge on any atom is -0.496 e. The minimum absolute atomic E-state index is 0.119. The SMILES string of the molecule is COc1ccc(-c2ccc(N)c(=O)n2CCC(C)C)cc1C. The number of hydrogen-bond donors (Lipinski definition) is 1. The van der Waals surface area contributed by atoms with Crippen LogP contribution in [0.2, 0.25) is 0 Å². The molecule has 2 aromatic rings. The van der Waals surface area contributed by atoms with Gasteiger partial charge in [-0.3, -0.25) is 4.79 Å². The monoisotopic (exact) mass is 300 g/mol. The lowest BCUT2D eigenvalue weighted by molar-refractivity contribution is 0.412. The highest BCUT2D eigenvalue weighted by atomic mass is 16.5. The molecule has 2 rings (SSSR count). The third kappa shape index (κ3) is 3.32. The van der Waals surface area contributed by atoms with Crippen LogP contribution in [0.25, 0.3) is 11.3 Å². The van der Waals surface area contributed by atoms with Gasteiger partial charge in [0.15, 0.2) is 0 Å². The molecule has 0 aliphatic carbocycles. The molecule has 0 fully saturated rings. The van der Waals surface area contributed by atoms with Gasteiger partial charge in [-0.05, 0) is 60.7 Å². The number of benzene rings is 1. The van der Waals surface area contributed by atoms with E-state index >= 15 is 0 Å². The van der Waals surface area contributed by atoms with Crippen LogP contribution < -0.4 is 16.0 Å². The van der Waals surface area contributed by atoms with Crippen LogP contribution in [0.15, 0.2) is 35.1 Å². The second-order valence-corrected chi connectivity index (χ2v) is 6.00.